The van der Waals surface area contributed by atoms with Crippen LogP contribution in [-0.2, 0) is 13.0 Å². The molecule has 0 aliphatic heterocycles. The monoisotopic (exact) mass is 378 g/mol. The molecule has 148 valence electrons. The summed E-state index contributed by atoms with van der Waals surface area (Å²) in [6.07, 6.45) is 2.84. The zero-order chi connectivity index (χ0) is 19.9. The van der Waals surface area contributed by atoms with Gasteiger partial charge in [0.25, 0.3) is 5.91 Å². The Balaban J connectivity index is 1.79. The molecule has 3 aromatic rings. The van der Waals surface area contributed by atoms with E-state index in [2.05, 4.69) is 43.1 Å². The number of carbonyl (C=O) groups excluding carboxylic acids is 1. The minimum Gasteiger partial charge on any atom is -0.460 e. The number of hydrogen-bond donors (Lipinski definition) is 1. The Bertz CT molecular complexity index is 908. The number of benzene rings is 2. The van der Waals surface area contributed by atoms with Crippen molar-refractivity contribution < 1.29 is 9.21 Å². The molecule has 0 bridgehead atoms. The molecule has 0 aliphatic rings. The van der Waals surface area contributed by atoms with E-state index in [0.717, 1.165) is 61.3 Å². The van der Waals surface area contributed by atoms with Gasteiger partial charge < -0.3 is 9.73 Å². The third kappa shape index (κ3) is 4.63. The Kier molecular flexibility index (Phi) is 6.88. The van der Waals surface area contributed by atoms with Gasteiger partial charge in [-0.1, -0.05) is 57.5 Å². The van der Waals surface area contributed by atoms with Crippen LogP contribution in [0.3, 0.4) is 0 Å². The average molecular weight is 379 g/mol. The van der Waals surface area contributed by atoms with Crippen molar-refractivity contribution in [3.63, 3.8) is 0 Å². The molecule has 0 atom stereocenters. The maximum absolute atomic E-state index is 13.0. The molecule has 1 aromatic heterocycles. The number of anilines is 1. The number of fused-ring (bicyclic) bond motifs is 1. The topological polar surface area (TPSA) is 45.5 Å². The normalized spacial score (nSPS) is 11.3. The first kappa shape index (κ1) is 20.2. The first-order valence-corrected chi connectivity index (χ1v) is 10.3. The molecule has 0 radical (unpaired) electrons. The van der Waals surface area contributed by atoms with Gasteiger partial charge in [-0.15, -0.1) is 0 Å². The van der Waals surface area contributed by atoms with E-state index in [1.165, 1.54) is 5.56 Å². The van der Waals surface area contributed by atoms with Gasteiger partial charge in [-0.05, 0) is 43.3 Å². The highest BCUT2D eigenvalue weighted by atomic mass is 16.3. The van der Waals surface area contributed by atoms with Crippen LogP contribution in [0.15, 0.2) is 52.9 Å². The van der Waals surface area contributed by atoms with Crippen LogP contribution >= 0.6 is 0 Å². The van der Waals surface area contributed by atoms with E-state index in [0.29, 0.717) is 5.56 Å². The van der Waals surface area contributed by atoms with Crippen molar-refractivity contribution in [2.75, 3.05) is 18.4 Å². The maximum atomic E-state index is 13.0. The summed E-state index contributed by atoms with van der Waals surface area (Å²) in [6, 6.07) is 15.9. The van der Waals surface area contributed by atoms with Crippen LogP contribution < -0.4 is 5.32 Å². The van der Waals surface area contributed by atoms with Gasteiger partial charge in [-0.25, -0.2) is 0 Å². The molecule has 0 fully saturated rings. The highest BCUT2D eigenvalue weighted by Gasteiger charge is 2.20. The SMILES string of the molecule is CCCCc1oc2ccccc2c1C(=O)Nc1ccc(CN(CC)CC)cc1. The summed E-state index contributed by atoms with van der Waals surface area (Å²) in [7, 11) is 0. The molecule has 0 saturated carbocycles. The van der Waals surface area contributed by atoms with Crippen molar-refractivity contribution >= 4 is 22.6 Å². The summed E-state index contributed by atoms with van der Waals surface area (Å²) < 4.78 is 5.98. The number of unbranched alkanes of at least 4 members (excludes halogenated alkanes) is 1. The third-order valence-corrected chi connectivity index (χ3v) is 5.17. The van der Waals surface area contributed by atoms with Gasteiger partial charge in [-0.2, -0.15) is 0 Å². The first-order chi connectivity index (χ1) is 13.7. The number of aryl methyl sites for hydroxylation is 1. The number of nitrogens with one attached hydrogen (secondary N) is 1. The second kappa shape index (κ2) is 9.56. The fourth-order valence-electron chi connectivity index (χ4n) is 3.45. The average Bonchev–Trinajstić information content (AvgIpc) is 3.10. The zero-order valence-electron chi connectivity index (χ0n) is 17.1. The Morgan fingerprint density at radius 1 is 1.00 bits per heavy atom. The van der Waals surface area contributed by atoms with E-state index in [1.807, 2.05) is 36.4 Å². The summed E-state index contributed by atoms with van der Waals surface area (Å²) in [4.78, 5) is 15.4. The second-order valence-corrected chi connectivity index (χ2v) is 7.11. The van der Waals surface area contributed by atoms with Crippen molar-refractivity contribution in [3.8, 4) is 0 Å². The summed E-state index contributed by atoms with van der Waals surface area (Å²) in [5, 5.41) is 3.93. The zero-order valence-corrected chi connectivity index (χ0v) is 17.1. The number of rotatable bonds is 9. The van der Waals surface area contributed by atoms with Crippen molar-refractivity contribution in [2.24, 2.45) is 0 Å². The fourth-order valence-corrected chi connectivity index (χ4v) is 3.45. The number of amides is 1. The highest BCUT2D eigenvalue weighted by molar-refractivity contribution is 6.13. The van der Waals surface area contributed by atoms with Crippen molar-refractivity contribution in [3.05, 3.63) is 65.4 Å². The molecule has 28 heavy (non-hydrogen) atoms. The number of hydrogen-bond acceptors (Lipinski definition) is 3. The van der Waals surface area contributed by atoms with Crippen LogP contribution in [0.2, 0.25) is 0 Å². The largest absolute Gasteiger partial charge is 0.460 e. The van der Waals surface area contributed by atoms with E-state index >= 15 is 0 Å². The van der Waals surface area contributed by atoms with E-state index in [4.69, 9.17) is 4.42 Å². The standard InChI is InChI=1S/C24H30N2O2/c1-4-7-11-22-23(20-10-8-9-12-21(20)28-22)24(27)25-19-15-13-18(14-16-19)17-26(5-2)6-3/h8-10,12-16H,4-7,11,17H2,1-3H3,(H,25,27). The Morgan fingerprint density at radius 2 is 1.71 bits per heavy atom. The van der Waals surface area contributed by atoms with Crippen molar-refractivity contribution in [1.29, 1.82) is 0 Å². The fraction of sp³-hybridized carbons (Fsp3) is 0.375. The maximum Gasteiger partial charge on any atom is 0.259 e. The summed E-state index contributed by atoms with van der Waals surface area (Å²) in [6.45, 7) is 9.47. The molecular formula is C24H30N2O2. The quantitative estimate of drug-likeness (QED) is 0.506. The molecule has 1 amide bonds. The van der Waals surface area contributed by atoms with E-state index < -0.39 is 0 Å². The number of furan rings is 1. The van der Waals surface area contributed by atoms with Gasteiger partial charge in [0.2, 0.25) is 0 Å². The lowest BCUT2D eigenvalue weighted by Crippen LogP contribution is -2.22. The van der Waals surface area contributed by atoms with Crippen LogP contribution in [-0.4, -0.2) is 23.9 Å². The molecule has 2 aromatic carbocycles. The van der Waals surface area contributed by atoms with E-state index in [1.54, 1.807) is 0 Å². The van der Waals surface area contributed by atoms with Gasteiger partial charge in [0.15, 0.2) is 0 Å². The second-order valence-electron chi connectivity index (χ2n) is 7.11. The first-order valence-electron chi connectivity index (χ1n) is 10.3. The molecule has 4 heteroatoms. The Morgan fingerprint density at radius 3 is 2.39 bits per heavy atom. The molecule has 0 aliphatic carbocycles. The third-order valence-electron chi connectivity index (χ3n) is 5.17. The molecular weight excluding hydrogens is 348 g/mol. The van der Waals surface area contributed by atoms with Gasteiger partial charge in [0, 0.05) is 24.0 Å². The van der Waals surface area contributed by atoms with E-state index in [9.17, 15) is 4.79 Å². The molecule has 1 heterocycles. The molecule has 0 unspecified atom stereocenters. The lowest BCUT2D eigenvalue weighted by Gasteiger charge is -2.18. The number of nitrogens with zero attached hydrogens (tertiary/aromatic N) is 1. The molecule has 3 rings (SSSR count). The van der Waals surface area contributed by atoms with Crippen LogP contribution in [0.1, 0.15) is 55.3 Å². The van der Waals surface area contributed by atoms with Gasteiger partial charge in [0.1, 0.15) is 11.3 Å². The van der Waals surface area contributed by atoms with Crippen LogP contribution in [0, 0.1) is 0 Å². The lowest BCUT2D eigenvalue weighted by atomic mass is 10.1. The molecule has 0 saturated heterocycles. The summed E-state index contributed by atoms with van der Waals surface area (Å²) >= 11 is 0. The van der Waals surface area contributed by atoms with E-state index in [-0.39, 0.29) is 5.91 Å². The Hall–Kier alpha value is -2.59. The number of carbonyl (C=O) groups is 1. The molecule has 4 nitrogen and oxygen atoms in total. The van der Waals surface area contributed by atoms with Crippen LogP contribution in [0.4, 0.5) is 5.69 Å². The minimum absolute atomic E-state index is 0.104. The minimum atomic E-state index is -0.104. The predicted molar refractivity (Wildman–Crippen MR) is 116 cm³/mol. The Labute approximate surface area is 167 Å². The number of para-hydroxylation sites is 1. The molecule has 1 N–H and O–H groups in total. The van der Waals surface area contributed by atoms with Gasteiger partial charge in [-0.3, -0.25) is 9.69 Å². The predicted octanol–water partition coefficient (Wildman–Crippen LogP) is 5.87. The summed E-state index contributed by atoms with van der Waals surface area (Å²) in [5.41, 5.74) is 3.49. The summed E-state index contributed by atoms with van der Waals surface area (Å²) in [5.74, 6) is 0.672. The smallest absolute Gasteiger partial charge is 0.259 e. The van der Waals surface area contributed by atoms with Crippen LogP contribution in [0.25, 0.3) is 11.0 Å². The van der Waals surface area contributed by atoms with Crippen molar-refractivity contribution in [2.45, 2.75) is 46.6 Å². The lowest BCUT2D eigenvalue weighted by molar-refractivity contribution is 0.102. The van der Waals surface area contributed by atoms with Crippen LogP contribution in [0.5, 0.6) is 0 Å². The van der Waals surface area contributed by atoms with Gasteiger partial charge >= 0.3 is 0 Å². The van der Waals surface area contributed by atoms with Gasteiger partial charge in [0.05, 0.1) is 5.56 Å². The van der Waals surface area contributed by atoms with Crippen molar-refractivity contribution in [1.82, 2.24) is 4.90 Å². The highest BCUT2D eigenvalue weighted by Crippen LogP contribution is 2.28. The molecule has 0 spiro atoms.